The van der Waals surface area contributed by atoms with Crippen LogP contribution in [0.5, 0.6) is 0 Å². The second-order valence-corrected chi connectivity index (χ2v) is 5.25. The molecule has 6 heteroatoms. The van der Waals surface area contributed by atoms with Crippen molar-refractivity contribution in [2.24, 2.45) is 5.92 Å². The number of hydrogen-bond acceptors (Lipinski definition) is 4. The van der Waals surface area contributed by atoms with Crippen molar-refractivity contribution in [1.82, 2.24) is 5.32 Å². The summed E-state index contributed by atoms with van der Waals surface area (Å²) in [7, 11) is 0. The Morgan fingerprint density at radius 2 is 2.00 bits per heavy atom. The summed E-state index contributed by atoms with van der Waals surface area (Å²) >= 11 is 0. The molecular formula is C15H21FN2O3. The SMILES string of the molecule is CC(C)CCNC(=O)C(C)OC(=O)c1ccc(F)cc1N. The number of nitrogen functional groups attached to an aromatic ring is 1. The molecule has 1 aromatic rings. The van der Waals surface area contributed by atoms with Crippen LogP contribution in [0.15, 0.2) is 18.2 Å². The van der Waals surface area contributed by atoms with Gasteiger partial charge in [0.1, 0.15) is 5.82 Å². The van der Waals surface area contributed by atoms with Gasteiger partial charge in [0, 0.05) is 12.2 Å². The minimum atomic E-state index is -0.936. The van der Waals surface area contributed by atoms with Crippen molar-refractivity contribution >= 4 is 17.6 Å². The van der Waals surface area contributed by atoms with E-state index in [0.29, 0.717) is 12.5 Å². The first-order valence-electron chi connectivity index (χ1n) is 6.85. The first-order chi connectivity index (χ1) is 9.81. The van der Waals surface area contributed by atoms with E-state index in [-0.39, 0.29) is 17.2 Å². The molecule has 0 aromatic heterocycles. The number of halogens is 1. The highest BCUT2D eigenvalue weighted by Crippen LogP contribution is 2.15. The third kappa shape index (κ3) is 5.41. The third-order valence-electron chi connectivity index (χ3n) is 2.91. The normalized spacial score (nSPS) is 12.0. The van der Waals surface area contributed by atoms with Crippen LogP contribution in [0.2, 0.25) is 0 Å². The number of esters is 1. The Bertz CT molecular complexity index is 518. The van der Waals surface area contributed by atoms with Gasteiger partial charge in [-0.3, -0.25) is 4.79 Å². The number of hydrogen-bond donors (Lipinski definition) is 2. The summed E-state index contributed by atoms with van der Waals surface area (Å²) in [6.45, 7) is 6.10. The Labute approximate surface area is 123 Å². The molecule has 0 bridgehead atoms. The molecule has 1 rings (SSSR count). The molecule has 0 spiro atoms. The Hall–Kier alpha value is -2.11. The zero-order chi connectivity index (χ0) is 16.0. The molecule has 5 nitrogen and oxygen atoms in total. The van der Waals surface area contributed by atoms with Gasteiger partial charge in [0.25, 0.3) is 5.91 Å². The number of anilines is 1. The number of nitrogens with one attached hydrogen (secondary N) is 1. The number of carbonyl (C=O) groups excluding carboxylic acids is 2. The summed E-state index contributed by atoms with van der Waals surface area (Å²) in [4.78, 5) is 23.6. The number of amides is 1. The number of ether oxygens (including phenoxy) is 1. The van der Waals surface area contributed by atoms with Gasteiger partial charge in [0.05, 0.1) is 5.56 Å². The number of benzene rings is 1. The summed E-state index contributed by atoms with van der Waals surface area (Å²) in [6, 6.07) is 3.38. The Kier molecular flexibility index (Phi) is 6.14. The average Bonchev–Trinajstić information content (AvgIpc) is 2.37. The molecule has 3 N–H and O–H groups in total. The van der Waals surface area contributed by atoms with E-state index >= 15 is 0 Å². The maximum atomic E-state index is 12.9. The van der Waals surface area contributed by atoms with Crippen molar-refractivity contribution in [2.45, 2.75) is 33.3 Å². The quantitative estimate of drug-likeness (QED) is 0.622. The van der Waals surface area contributed by atoms with Crippen molar-refractivity contribution in [3.63, 3.8) is 0 Å². The molecule has 0 aliphatic heterocycles. The Balaban J connectivity index is 2.55. The van der Waals surface area contributed by atoms with Crippen LogP contribution in [-0.2, 0) is 9.53 Å². The molecule has 0 saturated heterocycles. The summed E-state index contributed by atoms with van der Waals surface area (Å²) in [5.41, 5.74) is 5.57. The van der Waals surface area contributed by atoms with Crippen molar-refractivity contribution < 1.29 is 18.7 Å². The van der Waals surface area contributed by atoms with Crippen molar-refractivity contribution in [2.75, 3.05) is 12.3 Å². The van der Waals surface area contributed by atoms with Gasteiger partial charge in [0.2, 0.25) is 0 Å². The largest absolute Gasteiger partial charge is 0.449 e. The molecule has 0 aliphatic carbocycles. The van der Waals surface area contributed by atoms with E-state index < -0.39 is 17.9 Å². The van der Waals surface area contributed by atoms with Crippen LogP contribution in [0.4, 0.5) is 10.1 Å². The second kappa shape index (κ2) is 7.61. The standard InChI is InChI=1S/C15H21FN2O3/c1-9(2)6-7-18-14(19)10(3)21-15(20)12-5-4-11(16)8-13(12)17/h4-5,8-10H,6-7,17H2,1-3H3,(H,18,19). The van der Waals surface area contributed by atoms with E-state index in [0.717, 1.165) is 18.6 Å². The predicted molar refractivity (Wildman–Crippen MR) is 78.2 cm³/mol. The van der Waals surface area contributed by atoms with Crippen LogP contribution in [-0.4, -0.2) is 24.5 Å². The molecule has 21 heavy (non-hydrogen) atoms. The van der Waals surface area contributed by atoms with Crippen LogP contribution in [0.3, 0.4) is 0 Å². The zero-order valence-electron chi connectivity index (χ0n) is 12.5. The van der Waals surface area contributed by atoms with Gasteiger partial charge in [-0.2, -0.15) is 0 Å². The first kappa shape index (κ1) is 16.9. The first-order valence-corrected chi connectivity index (χ1v) is 6.85. The second-order valence-electron chi connectivity index (χ2n) is 5.25. The fraction of sp³-hybridized carbons (Fsp3) is 0.467. The smallest absolute Gasteiger partial charge is 0.341 e. The van der Waals surface area contributed by atoms with E-state index in [1.807, 2.05) is 13.8 Å². The van der Waals surface area contributed by atoms with E-state index in [1.165, 1.54) is 13.0 Å². The molecule has 1 aromatic carbocycles. The van der Waals surface area contributed by atoms with Gasteiger partial charge in [-0.15, -0.1) is 0 Å². The van der Waals surface area contributed by atoms with Gasteiger partial charge < -0.3 is 15.8 Å². The maximum absolute atomic E-state index is 12.9. The zero-order valence-corrected chi connectivity index (χ0v) is 12.5. The van der Waals surface area contributed by atoms with Crippen molar-refractivity contribution in [3.8, 4) is 0 Å². The highest BCUT2D eigenvalue weighted by molar-refractivity contribution is 5.96. The summed E-state index contributed by atoms with van der Waals surface area (Å²) < 4.78 is 17.9. The fourth-order valence-corrected chi connectivity index (χ4v) is 1.62. The van der Waals surface area contributed by atoms with Crippen LogP contribution in [0.1, 0.15) is 37.6 Å². The van der Waals surface area contributed by atoms with Crippen LogP contribution >= 0.6 is 0 Å². The fourth-order valence-electron chi connectivity index (χ4n) is 1.62. The molecule has 1 atom stereocenters. The highest BCUT2D eigenvalue weighted by atomic mass is 19.1. The van der Waals surface area contributed by atoms with E-state index in [1.54, 1.807) is 0 Å². The van der Waals surface area contributed by atoms with Gasteiger partial charge >= 0.3 is 5.97 Å². The van der Waals surface area contributed by atoms with Gasteiger partial charge in [-0.05, 0) is 37.5 Å². The lowest BCUT2D eigenvalue weighted by Gasteiger charge is -2.14. The third-order valence-corrected chi connectivity index (χ3v) is 2.91. The lowest BCUT2D eigenvalue weighted by molar-refractivity contribution is -0.129. The molecule has 0 fully saturated rings. The average molecular weight is 296 g/mol. The summed E-state index contributed by atoms with van der Waals surface area (Å²) in [5, 5.41) is 2.69. The topological polar surface area (TPSA) is 81.4 Å². The van der Waals surface area contributed by atoms with Crippen molar-refractivity contribution in [1.29, 1.82) is 0 Å². The molecule has 0 radical (unpaired) electrons. The highest BCUT2D eigenvalue weighted by Gasteiger charge is 2.20. The molecule has 1 unspecified atom stereocenters. The van der Waals surface area contributed by atoms with Gasteiger partial charge in [0.15, 0.2) is 6.10 Å². The number of nitrogens with two attached hydrogens (primary N) is 1. The van der Waals surface area contributed by atoms with Crippen LogP contribution in [0.25, 0.3) is 0 Å². The van der Waals surface area contributed by atoms with Crippen LogP contribution in [0, 0.1) is 11.7 Å². The Morgan fingerprint density at radius 1 is 1.33 bits per heavy atom. The number of rotatable bonds is 6. The molecule has 0 saturated carbocycles. The minimum Gasteiger partial charge on any atom is -0.449 e. The molecule has 0 heterocycles. The number of carbonyl (C=O) groups is 2. The monoisotopic (exact) mass is 296 g/mol. The van der Waals surface area contributed by atoms with E-state index in [2.05, 4.69) is 5.32 Å². The maximum Gasteiger partial charge on any atom is 0.341 e. The minimum absolute atomic E-state index is 0.0209. The molecular weight excluding hydrogens is 275 g/mol. The molecule has 116 valence electrons. The van der Waals surface area contributed by atoms with Gasteiger partial charge in [-0.1, -0.05) is 13.8 Å². The lowest BCUT2D eigenvalue weighted by atomic mass is 10.1. The predicted octanol–water partition coefficient (Wildman–Crippen LogP) is 2.12. The summed E-state index contributed by atoms with van der Waals surface area (Å²) in [5.74, 6) is -1.19. The van der Waals surface area contributed by atoms with Crippen LogP contribution < -0.4 is 11.1 Å². The van der Waals surface area contributed by atoms with Crippen molar-refractivity contribution in [3.05, 3.63) is 29.6 Å². The molecule has 0 aliphatic rings. The molecule has 1 amide bonds. The summed E-state index contributed by atoms with van der Waals surface area (Å²) in [6.07, 6.45) is -0.0914. The van der Waals surface area contributed by atoms with E-state index in [4.69, 9.17) is 10.5 Å². The van der Waals surface area contributed by atoms with E-state index in [9.17, 15) is 14.0 Å². The Morgan fingerprint density at radius 3 is 2.57 bits per heavy atom. The lowest BCUT2D eigenvalue weighted by Crippen LogP contribution is -2.36. The van der Waals surface area contributed by atoms with Gasteiger partial charge in [-0.25, -0.2) is 9.18 Å².